The fraction of sp³-hybridized carbons (Fsp3) is 0.500. The second kappa shape index (κ2) is 9.82. The molecular formula is C26H33FN2O2. The SMILES string of the molecule is CC1CCCN(CCOc2ccc(NC(=O)C3(c4ccc(F)cc4)CCCC3)cc2)C1. The van der Waals surface area contributed by atoms with E-state index >= 15 is 0 Å². The summed E-state index contributed by atoms with van der Waals surface area (Å²) in [6.45, 7) is 6.25. The highest BCUT2D eigenvalue weighted by atomic mass is 19.1. The molecule has 0 radical (unpaired) electrons. The van der Waals surface area contributed by atoms with Crippen molar-refractivity contribution in [3.8, 4) is 5.75 Å². The van der Waals surface area contributed by atoms with Gasteiger partial charge in [0.1, 0.15) is 18.2 Å². The van der Waals surface area contributed by atoms with Gasteiger partial charge in [-0.25, -0.2) is 4.39 Å². The van der Waals surface area contributed by atoms with E-state index in [4.69, 9.17) is 4.74 Å². The zero-order chi connectivity index (χ0) is 21.7. The number of nitrogens with one attached hydrogen (secondary N) is 1. The van der Waals surface area contributed by atoms with Gasteiger partial charge in [0.25, 0.3) is 0 Å². The van der Waals surface area contributed by atoms with Crippen molar-refractivity contribution in [2.75, 3.05) is 31.6 Å². The molecule has 1 aliphatic carbocycles. The van der Waals surface area contributed by atoms with Gasteiger partial charge >= 0.3 is 0 Å². The standard InChI is InChI=1S/C26H33FN2O2/c1-20-5-4-16-29(19-20)17-18-31-24-12-10-23(11-13-24)28-25(30)26(14-2-3-15-26)21-6-8-22(27)9-7-21/h6-13,20H,2-5,14-19H2,1H3,(H,28,30). The molecule has 1 heterocycles. The van der Waals surface area contributed by atoms with E-state index in [1.807, 2.05) is 24.3 Å². The van der Waals surface area contributed by atoms with Crippen molar-refractivity contribution in [3.63, 3.8) is 0 Å². The van der Waals surface area contributed by atoms with E-state index in [1.54, 1.807) is 12.1 Å². The maximum Gasteiger partial charge on any atom is 0.235 e. The van der Waals surface area contributed by atoms with Crippen LogP contribution in [0, 0.1) is 11.7 Å². The number of nitrogens with zero attached hydrogens (tertiary/aromatic N) is 1. The molecule has 1 saturated carbocycles. The molecule has 31 heavy (non-hydrogen) atoms. The van der Waals surface area contributed by atoms with Gasteiger partial charge in [0.2, 0.25) is 5.91 Å². The molecule has 1 amide bonds. The lowest BCUT2D eigenvalue weighted by atomic mass is 9.78. The Morgan fingerprint density at radius 2 is 1.81 bits per heavy atom. The number of carbonyl (C=O) groups excluding carboxylic acids is 1. The lowest BCUT2D eigenvalue weighted by molar-refractivity contribution is -0.121. The Morgan fingerprint density at radius 3 is 2.48 bits per heavy atom. The van der Waals surface area contributed by atoms with Crippen LogP contribution in [0.15, 0.2) is 48.5 Å². The van der Waals surface area contributed by atoms with Gasteiger partial charge < -0.3 is 10.1 Å². The average Bonchev–Trinajstić information content (AvgIpc) is 3.27. The van der Waals surface area contributed by atoms with Crippen LogP contribution in [0.2, 0.25) is 0 Å². The molecule has 0 spiro atoms. The van der Waals surface area contributed by atoms with Crippen molar-refractivity contribution in [2.45, 2.75) is 50.9 Å². The lowest BCUT2D eigenvalue weighted by Gasteiger charge is -2.30. The van der Waals surface area contributed by atoms with Gasteiger partial charge in [-0.05, 0) is 80.1 Å². The Bertz CT molecular complexity index is 860. The average molecular weight is 425 g/mol. The minimum Gasteiger partial charge on any atom is -0.492 e. The maximum atomic E-state index is 13.4. The van der Waals surface area contributed by atoms with Gasteiger partial charge in [-0.1, -0.05) is 31.9 Å². The topological polar surface area (TPSA) is 41.6 Å². The Hall–Kier alpha value is -2.40. The summed E-state index contributed by atoms with van der Waals surface area (Å²) in [6, 6.07) is 14.0. The number of hydrogen-bond acceptors (Lipinski definition) is 3. The summed E-state index contributed by atoms with van der Waals surface area (Å²) in [5.74, 6) is 1.30. The second-order valence-electron chi connectivity index (χ2n) is 9.17. The van der Waals surface area contributed by atoms with Crippen LogP contribution >= 0.6 is 0 Å². The minimum absolute atomic E-state index is 0.00973. The van der Waals surface area contributed by atoms with Gasteiger partial charge in [-0.3, -0.25) is 9.69 Å². The van der Waals surface area contributed by atoms with E-state index in [-0.39, 0.29) is 11.7 Å². The van der Waals surface area contributed by atoms with Crippen LogP contribution in [0.3, 0.4) is 0 Å². The highest BCUT2D eigenvalue weighted by Crippen LogP contribution is 2.42. The molecule has 166 valence electrons. The predicted molar refractivity (Wildman–Crippen MR) is 122 cm³/mol. The third kappa shape index (κ3) is 5.27. The third-order valence-corrected chi connectivity index (χ3v) is 6.82. The zero-order valence-corrected chi connectivity index (χ0v) is 18.4. The summed E-state index contributed by atoms with van der Waals surface area (Å²) in [5, 5.41) is 3.08. The van der Waals surface area contributed by atoms with Gasteiger partial charge in [-0.15, -0.1) is 0 Å². The smallest absolute Gasteiger partial charge is 0.235 e. The Labute approximate surface area is 184 Å². The molecule has 1 N–H and O–H groups in total. The highest BCUT2D eigenvalue weighted by molar-refractivity contribution is 5.99. The van der Waals surface area contributed by atoms with Gasteiger partial charge in [-0.2, -0.15) is 0 Å². The van der Waals surface area contributed by atoms with E-state index < -0.39 is 5.41 Å². The molecule has 4 rings (SSSR count). The summed E-state index contributed by atoms with van der Waals surface area (Å²) in [6.07, 6.45) is 6.20. The molecule has 1 unspecified atom stereocenters. The van der Waals surface area contributed by atoms with Crippen molar-refractivity contribution in [3.05, 3.63) is 59.9 Å². The van der Waals surface area contributed by atoms with E-state index in [0.717, 1.165) is 68.2 Å². The van der Waals surface area contributed by atoms with Gasteiger partial charge in [0, 0.05) is 18.8 Å². The lowest BCUT2D eigenvalue weighted by Crippen LogP contribution is -2.38. The van der Waals surface area contributed by atoms with Crippen LogP contribution in [-0.4, -0.2) is 37.0 Å². The Morgan fingerprint density at radius 1 is 1.10 bits per heavy atom. The number of ether oxygens (including phenoxy) is 1. The number of anilines is 1. The number of benzene rings is 2. The molecule has 0 aromatic heterocycles. The number of likely N-dealkylation sites (tertiary alicyclic amines) is 1. The first-order chi connectivity index (χ1) is 15.0. The molecule has 5 heteroatoms. The quantitative estimate of drug-likeness (QED) is 0.648. The molecule has 2 aromatic rings. The van der Waals surface area contributed by atoms with E-state index in [9.17, 15) is 9.18 Å². The van der Waals surface area contributed by atoms with Crippen molar-refractivity contribution in [2.24, 2.45) is 5.92 Å². The van der Waals surface area contributed by atoms with Gasteiger partial charge in [0.05, 0.1) is 5.41 Å². The van der Waals surface area contributed by atoms with Crippen LogP contribution in [0.4, 0.5) is 10.1 Å². The molecule has 4 nitrogen and oxygen atoms in total. The molecule has 1 atom stereocenters. The van der Waals surface area contributed by atoms with E-state index in [2.05, 4.69) is 17.1 Å². The Balaban J connectivity index is 1.33. The molecular weight excluding hydrogens is 391 g/mol. The first-order valence-electron chi connectivity index (χ1n) is 11.6. The fourth-order valence-electron chi connectivity index (χ4n) is 5.06. The maximum absolute atomic E-state index is 13.4. The van der Waals surface area contributed by atoms with Crippen molar-refractivity contribution in [1.29, 1.82) is 0 Å². The Kier molecular flexibility index (Phi) is 6.91. The minimum atomic E-state index is -0.575. The highest BCUT2D eigenvalue weighted by Gasteiger charge is 2.42. The molecule has 1 aliphatic heterocycles. The largest absolute Gasteiger partial charge is 0.492 e. The molecule has 2 fully saturated rings. The summed E-state index contributed by atoms with van der Waals surface area (Å²) < 4.78 is 19.3. The van der Waals surface area contributed by atoms with E-state index in [1.165, 1.54) is 25.0 Å². The fourth-order valence-corrected chi connectivity index (χ4v) is 5.06. The molecule has 2 aliphatic rings. The number of amides is 1. The van der Waals surface area contributed by atoms with Crippen LogP contribution in [-0.2, 0) is 10.2 Å². The number of carbonyl (C=O) groups is 1. The number of hydrogen-bond donors (Lipinski definition) is 1. The predicted octanol–water partition coefficient (Wildman–Crippen LogP) is 5.39. The summed E-state index contributed by atoms with van der Waals surface area (Å²) >= 11 is 0. The van der Waals surface area contributed by atoms with Crippen LogP contribution < -0.4 is 10.1 Å². The van der Waals surface area contributed by atoms with Crippen LogP contribution in [0.5, 0.6) is 5.75 Å². The molecule has 1 saturated heterocycles. The molecule has 0 bridgehead atoms. The van der Waals surface area contributed by atoms with Crippen molar-refractivity contribution >= 4 is 11.6 Å². The number of halogens is 1. The third-order valence-electron chi connectivity index (χ3n) is 6.82. The van der Waals surface area contributed by atoms with Gasteiger partial charge in [0.15, 0.2) is 0 Å². The van der Waals surface area contributed by atoms with Crippen molar-refractivity contribution < 1.29 is 13.9 Å². The summed E-state index contributed by atoms with van der Waals surface area (Å²) in [5.41, 5.74) is 1.08. The zero-order valence-electron chi connectivity index (χ0n) is 18.4. The monoisotopic (exact) mass is 424 g/mol. The van der Waals surface area contributed by atoms with E-state index in [0.29, 0.717) is 6.61 Å². The van der Waals surface area contributed by atoms with Crippen LogP contribution in [0.25, 0.3) is 0 Å². The molecule has 2 aromatic carbocycles. The summed E-state index contributed by atoms with van der Waals surface area (Å²) in [4.78, 5) is 15.7. The normalized spacial score (nSPS) is 21.0. The number of piperidine rings is 1. The second-order valence-corrected chi connectivity index (χ2v) is 9.17. The van der Waals surface area contributed by atoms with Crippen molar-refractivity contribution in [1.82, 2.24) is 4.90 Å². The summed E-state index contributed by atoms with van der Waals surface area (Å²) in [7, 11) is 0. The first kappa shape index (κ1) is 21.8. The van der Waals surface area contributed by atoms with Crippen LogP contribution in [0.1, 0.15) is 51.0 Å². The number of rotatable bonds is 7. The first-order valence-corrected chi connectivity index (χ1v) is 11.6.